The maximum atomic E-state index is 12.5. The lowest BCUT2D eigenvalue weighted by Crippen LogP contribution is -2.20. The van der Waals surface area contributed by atoms with Gasteiger partial charge >= 0.3 is 0 Å². The van der Waals surface area contributed by atoms with Crippen molar-refractivity contribution in [2.75, 3.05) is 24.4 Å². The van der Waals surface area contributed by atoms with Gasteiger partial charge in [-0.05, 0) is 60.7 Å². The molecule has 0 atom stereocenters. The van der Waals surface area contributed by atoms with E-state index in [0.29, 0.717) is 38.5 Å². The number of methoxy groups -OCH3 is 1. The molecule has 0 saturated carbocycles. The number of rotatable bonds is 7. The first-order chi connectivity index (χ1) is 14.4. The van der Waals surface area contributed by atoms with Crippen molar-refractivity contribution in [3.63, 3.8) is 0 Å². The summed E-state index contributed by atoms with van der Waals surface area (Å²) < 4.78 is 10.5. The van der Waals surface area contributed by atoms with E-state index in [1.807, 2.05) is 0 Å². The molecule has 0 spiro atoms. The molecule has 0 bridgehead atoms. The number of hydrogen-bond acceptors (Lipinski definition) is 4. The van der Waals surface area contributed by atoms with Gasteiger partial charge in [0.2, 0.25) is 0 Å². The molecule has 2 amide bonds. The number of ether oxygens (including phenoxy) is 2. The Bertz CT molecular complexity index is 1060. The molecule has 0 aliphatic heterocycles. The summed E-state index contributed by atoms with van der Waals surface area (Å²) in [5.74, 6) is 0.345. The van der Waals surface area contributed by atoms with Crippen LogP contribution in [-0.4, -0.2) is 25.5 Å². The molecular weight excluding hydrogens is 427 g/mol. The monoisotopic (exact) mass is 444 g/mol. The van der Waals surface area contributed by atoms with E-state index in [9.17, 15) is 9.59 Å². The molecular formula is C22H18Cl2N2O4. The van der Waals surface area contributed by atoms with Crippen molar-refractivity contribution >= 4 is 46.4 Å². The minimum absolute atomic E-state index is 0.246. The number of benzene rings is 3. The van der Waals surface area contributed by atoms with Crippen LogP contribution in [0.2, 0.25) is 10.0 Å². The summed E-state index contributed by atoms with van der Waals surface area (Å²) in [7, 11) is 1.57. The lowest BCUT2D eigenvalue weighted by atomic mass is 10.2. The van der Waals surface area contributed by atoms with E-state index in [4.69, 9.17) is 32.7 Å². The minimum atomic E-state index is -0.395. The summed E-state index contributed by atoms with van der Waals surface area (Å²) in [5, 5.41) is 6.26. The first kappa shape index (κ1) is 21.5. The molecule has 0 heterocycles. The molecule has 0 aliphatic rings. The molecule has 6 nitrogen and oxygen atoms in total. The standard InChI is InChI=1S/C22H18Cl2N2O4/c1-29-18-8-6-16(7-9-18)26-22(28)14-3-2-4-17(11-14)25-21(27)13-30-20-10-5-15(23)12-19(20)24/h2-12H,13H2,1H3,(H,25,27)(H,26,28). The SMILES string of the molecule is COc1ccc(NC(=O)c2cccc(NC(=O)COc3ccc(Cl)cc3Cl)c2)cc1. The van der Waals surface area contributed by atoms with Crippen LogP contribution >= 0.6 is 23.2 Å². The highest BCUT2D eigenvalue weighted by molar-refractivity contribution is 6.35. The predicted octanol–water partition coefficient (Wildman–Crippen LogP) is 5.27. The van der Waals surface area contributed by atoms with Crippen LogP contribution in [0, 0.1) is 0 Å². The predicted molar refractivity (Wildman–Crippen MR) is 118 cm³/mol. The highest BCUT2D eigenvalue weighted by Gasteiger charge is 2.10. The molecule has 3 rings (SSSR count). The van der Waals surface area contributed by atoms with Gasteiger partial charge in [0.15, 0.2) is 6.61 Å². The number of hydrogen-bond donors (Lipinski definition) is 2. The average Bonchev–Trinajstić information content (AvgIpc) is 2.74. The Morgan fingerprint density at radius 1 is 0.900 bits per heavy atom. The highest BCUT2D eigenvalue weighted by Crippen LogP contribution is 2.27. The van der Waals surface area contributed by atoms with Crippen LogP contribution in [-0.2, 0) is 4.79 Å². The first-order valence-corrected chi connectivity index (χ1v) is 9.63. The second kappa shape index (κ2) is 10.0. The first-order valence-electron chi connectivity index (χ1n) is 8.88. The normalized spacial score (nSPS) is 10.2. The van der Waals surface area contributed by atoms with Crippen molar-refractivity contribution < 1.29 is 19.1 Å². The average molecular weight is 445 g/mol. The zero-order chi connectivity index (χ0) is 21.5. The van der Waals surface area contributed by atoms with E-state index in [0.717, 1.165) is 0 Å². The van der Waals surface area contributed by atoms with Gasteiger partial charge in [-0.25, -0.2) is 0 Å². The molecule has 0 aromatic heterocycles. The second-order valence-corrected chi connectivity index (χ2v) is 7.02. The van der Waals surface area contributed by atoms with Crippen molar-refractivity contribution in [2.45, 2.75) is 0 Å². The third-order valence-electron chi connectivity index (χ3n) is 4.01. The van der Waals surface area contributed by atoms with Crippen molar-refractivity contribution in [1.29, 1.82) is 0 Å². The van der Waals surface area contributed by atoms with Crippen LogP contribution in [0.3, 0.4) is 0 Å². The summed E-state index contributed by atoms with van der Waals surface area (Å²) in [4.78, 5) is 24.7. The van der Waals surface area contributed by atoms with Crippen LogP contribution < -0.4 is 20.1 Å². The van der Waals surface area contributed by atoms with Crippen molar-refractivity contribution in [1.82, 2.24) is 0 Å². The molecule has 0 fully saturated rings. The Balaban J connectivity index is 1.58. The fraction of sp³-hybridized carbons (Fsp3) is 0.0909. The molecule has 2 N–H and O–H groups in total. The van der Waals surface area contributed by atoms with Crippen LogP contribution in [0.25, 0.3) is 0 Å². The topological polar surface area (TPSA) is 76.7 Å². The molecule has 8 heteroatoms. The summed E-state index contributed by atoms with van der Waals surface area (Å²) >= 11 is 11.9. The number of nitrogens with one attached hydrogen (secondary N) is 2. The van der Waals surface area contributed by atoms with Crippen molar-refractivity contribution in [3.05, 3.63) is 82.3 Å². The van der Waals surface area contributed by atoms with Crippen LogP contribution in [0.4, 0.5) is 11.4 Å². The van der Waals surface area contributed by atoms with Gasteiger partial charge in [0, 0.05) is 22.0 Å². The van der Waals surface area contributed by atoms with Gasteiger partial charge in [0.25, 0.3) is 11.8 Å². The largest absolute Gasteiger partial charge is 0.497 e. The van der Waals surface area contributed by atoms with E-state index < -0.39 is 5.91 Å². The second-order valence-electron chi connectivity index (χ2n) is 6.18. The lowest BCUT2D eigenvalue weighted by Gasteiger charge is -2.10. The van der Waals surface area contributed by atoms with Gasteiger partial charge in [-0.2, -0.15) is 0 Å². The number of carbonyl (C=O) groups is 2. The Morgan fingerprint density at radius 3 is 2.37 bits per heavy atom. The maximum Gasteiger partial charge on any atom is 0.262 e. The Morgan fingerprint density at radius 2 is 1.67 bits per heavy atom. The third-order valence-corrected chi connectivity index (χ3v) is 4.54. The molecule has 3 aromatic rings. The quantitative estimate of drug-likeness (QED) is 0.520. The fourth-order valence-corrected chi connectivity index (χ4v) is 3.01. The van der Waals surface area contributed by atoms with E-state index >= 15 is 0 Å². The van der Waals surface area contributed by atoms with Gasteiger partial charge in [-0.3, -0.25) is 9.59 Å². The lowest BCUT2D eigenvalue weighted by molar-refractivity contribution is -0.118. The molecule has 3 aromatic carbocycles. The molecule has 154 valence electrons. The highest BCUT2D eigenvalue weighted by atomic mass is 35.5. The zero-order valence-electron chi connectivity index (χ0n) is 15.9. The van der Waals surface area contributed by atoms with E-state index in [1.54, 1.807) is 67.8 Å². The molecule has 0 saturated heterocycles. The van der Waals surface area contributed by atoms with Crippen molar-refractivity contribution in [2.24, 2.45) is 0 Å². The number of carbonyl (C=O) groups excluding carboxylic acids is 2. The van der Waals surface area contributed by atoms with E-state index in [1.165, 1.54) is 6.07 Å². The van der Waals surface area contributed by atoms with Crippen LogP contribution in [0.15, 0.2) is 66.7 Å². The van der Waals surface area contributed by atoms with Gasteiger partial charge in [-0.15, -0.1) is 0 Å². The number of amides is 2. The smallest absolute Gasteiger partial charge is 0.262 e. The maximum absolute atomic E-state index is 12.5. The molecule has 30 heavy (non-hydrogen) atoms. The van der Waals surface area contributed by atoms with E-state index in [-0.39, 0.29) is 12.5 Å². The Labute approximate surface area is 183 Å². The summed E-state index contributed by atoms with van der Waals surface area (Å²) in [6.45, 7) is -0.246. The number of halogens is 2. The Kier molecular flexibility index (Phi) is 7.17. The van der Waals surface area contributed by atoms with Gasteiger partial charge in [-0.1, -0.05) is 29.3 Å². The minimum Gasteiger partial charge on any atom is -0.497 e. The van der Waals surface area contributed by atoms with Crippen molar-refractivity contribution in [3.8, 4) is 11.5 Å². The fourth-order valence-electron chi connectivity index (χ4n) is 2.55. The van der Waals surface area contributed by atoms with Crippen LogP contribution in [0.5, 0.6) is 11.5 Å². The van der Waals surface area contributed by atoms with Gasteiger partial charge in [0.1, 0.15) is 11.5 Å². The molecule has 0 radical (unpaired) electrons. The zero-order valence-corrected chi connectivity index (χ0v) is 17.5. The summed E-state index contributed by atoms with van der Waals surface area (Å²) in [6.07, 6.45) is 0. The summed E-state index contributed by atoms with van der Waals surface area (Å²) in [6, 6.07) is 18.3. The van der Waals surface area contributed by atoms with Gasteiger partial charge < -0.3 is 20.1 Å². The number of anilines is 2. The molecule has 0 unspecified atom stereocenters. The molecule has 0 aliphatic carbocycles. The van der Waals surface area contributed by atoms with E-state index in [2.05, 4.69) is 10.6 Å². The third kappa shape index (κ3) is 5.89. The van der Waals surface area contributed by atoms with Crippen LogP contribution in [0.1, 0.15) is 10.4 Å². The summed E-state index contributed by atoms with van der Waals surface area (Å²) in [5.41, 5.74) is 1.49. The Hall–Kier alpha value is -3.22. The van der Waals surface area contributed by atoms with Gasteiger partial charge in [0.05, 0.1) is 12.1 Å².